The van der Waals surface area contributed by atoms with Gasteiger partial charge in [-0.2, -0.15) is 4.98 Å². The summed E-state index contributed by atoms with van der Waals surface area (Å²) in [6.45, 7) is 1.85. The number of aromatic hydroxyl groups is 1. The molecule has 0 atom stereocenters. The average Bonchev–Trinajstić information content (AvgIpc) is 2.26. The Kier molecular flexibility index (Phi) is 2.69. The number of hydrogen-bond acceptors (Lipinski definition) is 5. The number of hydrogen-bond donors (Lipinski definition) is 2. The number of nitrogens with one attached hydrogen (secondary N) is 1. The Labute approximate surface area is 98.6 Å². The van der Waals surface area contributed by atoms with Crippen molar-refractivity contribution in [1.82, 2.24) is 19.9 Å². The lowest BCUT2D eigenvalue weighted by molar-refractivity contribution is 0.447. The fourth-order valence-corrected chi connectivity index (χ4v) is 1.26. The predicted molar refractivity (Wildman–Crippen MR) is 60.0 cm³/mol. The molecule has 0 aromatic carbocycles. The molecule has 2 aromatic rings. The Hall–Kier alpha value is -1.76. The molecule has 2 heterocycles. The minimum atomic E-state index is -0.480. The Bertz CT molecular complexity index is 579. The molecule has 6 nitrogen and oxygen atoms in total. The van der Waals surface area contributed by atoms with E-state index < -0.39 is 5.56 Å². The Balaban J connectivity index is 2.57. The average molecular weight is 283 g/mol. The highest BCUT2D eigenvalue weighted by Gasteiger charge is 2.10. The third-order valence-corrected chi connectivity index (χ3v) is 2.55. The molecule has 0 amide bonds. The minimum Gasteiger partial charge on any atom is -0.492 e. The summed E-state index contributed by atoms with van der Waals surface area (Å²) in [6, 6.07) is 0. The SMILES string of the molecule is Cc1cnc(-c2nc(O)c(Br)c(=O)[nH]2)nc1. The summed E-state index contributed by atoms with van der Waals surface area (Å²) in [6.07, 6.45) is 3.20. The normalized spacial score (nSPS) is 10.4. The van der Waals surface area contributed by atoms with Crippen molar-refractivity contribution in [2.24, 2.45) is 0 Å². The van der Waals surface area contributed by atoms with Gasteiger partial charge in [0.05, 0.1) is 0 Å². The van der Waals surface area contributed by atoms with E-state index >= 15 is 0 Å². The van der Waals surface area contributed by atoms with Crippen molar-refractivity contribution in [3.63, 3.8) is 0 Å². The molecule has 0 saturated heterocycles. The third-order valence-electron chi connectivity index (χ3n) is 1.84. The van der Waals surface area contributed by atoms with Crippen molar-refractivity contribution < 1.29 is 5.11 Å². The molecule has 0 fully saturated rings. The molecule has 0 saturated carbocycles. The standard InChI is InChI=1S/C9H7BrN4O2/c1-4-2-11-6(12-3-4)7-13-8(15)5(10)9(16)14-7/h2-3H,1H3,(H2,13,14,15,16). The van der Waals surface area contributed by atoms with Gasteiger partial charge in [0, 0.05) is 12.4 Å². The van der Waals surface area contributed by atoms with Crippen LogP contribution < -0.4 is 5.56 Å². The van der Waals surface area contributed by atoms with Crippen LogP contribution in [0, 0.1) is 6.92 Å². The molecule has 0 spiro atoms. The summed E-state index contributed by atoms with van der Waals surface area (Å²) in [5.41, 5.74) is 0.416. The summed E-state index contributed by atoms with van der Waals surface area (Å²) < 4.78 is -0.0108. The minimum absolute atomic E-state index is 0.0108. The summed E-state index contributed by atoms with van der Waals surface area (Å²) in [5, 5.41) is 9.36. The number of nitrogens with zero attached hydrogens (tertiary/aromatic N) is 3. The second-order valence-electron chi connectivity index (χ2n) is 3.14. The highest BCUT2D eigenvalue weighted by molar-refractivity contribution is 9.10. The zero-order chi connectivity index (χ0) is 11.7. The highest BCUT2D eigenvalue weighted by Crippen LogP contribution is 2.18. The number of H-pyrrole nitrogens is 1. The molecular formula is C9H7BrN4O2. The van der Waals surface area contributed by atoms with E-state index in [9.17, 15) is 9.90 Å². The van der Waals surface area contributed by atoms with E-state index in [4.69, 9.17) is 0 Å². The van der Waals surface area contributed by atoms with Crippen molar-refractivity contribution >= 4 is 15.9 Å². The maximum Gasteiger partial charge on any atom is 0.269 e. The summed E-state index contributed by atoms with van der Waals surface area (Å²) in [5.74, 6) is -0.000810. The van der Waals surface area contributed by atoms with E-state index in [1.54, 1.807) is 12.4 Å². The van der Waals surface area contributed by atoms with Crippen molar-refractivity contribution in [1.29, 1.82) is 0 Å². The number of aromatic nitrogens is 4. The van der Waals surface area contributed by atoms with Gasteiger partial charge in [-0.05, 0) is 28.4 Å². The van der Waals surface area contributed by atoms with Crippen LogP contribution in [0.2, 0.25) is 0 Å². The van der Waals surface area contributed by atoms with Crippen LogP contribution in [0.3, 0.4) is 0 Å². The summed E-state index contributed by atoms with van der Waals surface area (Å²) >= 11 is 2.90. The molecular weight excluding hydrogens is 276 g/mol. The lowest BCUT2D eigenvalue weighted by atomic mass is 10.4. The van der Waals surface area contributed by atoms with E-state index in [0.29, 0.717) is 0 Å². The van der Waals surface area contributed by atoms with Crippen molar-refractivity contribution in [2.45, 2.75) is 6.92 Å². The van der Waals surface area contributed by atoms with Crippen molar-refractivity contribution in [2.75, 3.05) is 0 Å². The smallest absolute Gasteiger partial charge is 0.269 e. The van der Waals surface area contributed by atoms with Gasteiger partial charge < -0.3 is 10.1 Å². The first-order valence-electron chi connectivity index (χ1n) is 4.35. The van der Waals surface area contributed by atoms with E-state index in [1.807, 2.05) is 6.92 Å². The van der Waals surface area contributed by atoms with Gasteiger partial charge in [-0.1, -0.05) is 0 Å². The maximum absolute atomic E-state index is 11.3. The van der Waals surface area contributed by atoms with Crippen LogP contribution in [0.1, 0.15) is 5.56 Å². The number of aryl methyl sites for hydroxylation is 1. The van der Waals surface area contributed by atoms with Gasteiger partial charge in [-0.3, -0.25) is 4.79 Å². The first-order valence-corrected chi connectivity index (χ1v) is 5.15. The van der Waals surface area contributed by atoms with Crippen LogP contribution in [0.5, 0.6) is 5.88 Å². The molecule has 2 N–H and O–H groups in total. The van der Waals surface area contributed by atoms with E-state index in [-0.39, 0.29) is 22.0 Å². The Morgan fingerprint density at radius 1 is 1.38 bits per heavy atom. The Morgan fingerprint density at radius 3 is 2.56 bits per heavy atom. The second-order valence-corrected chi connectivity index (χ2v) is 3.93. The molecule has 16 heavy (non-hydrogen) atoms. The van der Waals surface area contributed by atoms with E-state index in [2.05, 4.69) is 35.9 Å². The quantitative estimate of drug-likeness (QED) is 0.814. The van der Waals surface area contributed by atoms with Gasteiger partial charge in [-0.25, -0.2) is 9.97 Å². The molecule has 82 valence electrons. The van der Waals surface area contributed by atoms with Crippen LogP contribution in [-0.2, 0) is 0 Å². The zero-order valence-corrected chi connectivity index (χ0v) is 9.82. The van der Waals surface area contributed by atoms with Crippen molar-refractivity contribution in [3.8, 4) is 17.5 Å². The predicted octanol–water partition coefficient (Wildman–Crippen LogP) is 1.00. The van der Waals surface area contributed by atoms with Gasteiger partial charge in [0.25, 0.3) is 5.56 Å². The van der Waals surface area contributed by atoms with Crippen LogP contribution in [0.15, 0.2) is 21.7 Å². The molecule has 0 aliphatic rings. The van der Waals surface area contributed by atoms with Gasteiger partial charge in [0.15, 0.2) is 11.6 Å². The Morgan fingerprint density at radius 2 is 2.00 bits per heavy atom. The van der Waals surface area contributed by atoms with Gasteiger partial charge in [0.2, 0.25) is 5.88 Å². The van der Waals surface area contributed by atoms with Crippen molar-refractivity contribution in [3.05, 3.63) is 32.8 Å². The first kappa shape index (κ1) is 10.7. The lowest BCUT2D eigenvalue weighted by Crippen LogP contribution is -2.10. The van der Waals surface area contributed by atoms with Crippen LogP contribution in [0.25, 0.3) is 11.6 Å². The summed E-state index contributed by atoms with van der Waals surface area (Å²) in [4.78, 5) is 25.5. The van der Waals surface area contributed by atoms with Gasteiger partial charge >= 0.3 is 0 Å². The molecule has 7 heteroatoms. The molecule has 0 unspecified atom stereocenters. The van der Waals surface area contributed by atoms with Crippen LogP contribution in [-0.4, -0.2) is 25.0 Å². The van der Waals surface area contributed by atoms with E-state index in [1.165, 1.54) is 0 Å². The van der Waals surface area contributed by atoms with Gasteiger partial charge in [0.1, 0.15) is 4.47 Å². The molecule has 0 aliphatic carbocycles. The summed E-state index contributed by atoms with van der Waals surface area (Å²) in [7, 11) is 0. The first-order chi connectivity index (χ1) is 7.58. The highest BCUT2D eigenvalue weighted by atomic mass is 79.9. The monoisotopic (exact) mass is 282 g/mol. The largest absolute Gasteiger partial charge is 0.492 e. The fourth-order valence-electron chi connectivity index (χ4n) is 1.07. The van der Waals surface area contributed by atoms with Gasteiger partial charge in [-0.15, -0.1) is 0 Å². The lowest BCUT2D eigenvalue weighted by Gasteiger charge is -2.00. The van der Waals surface area contributed by atoms with E-state index in [0.717, 1.165) is 5.56 Å². The number of halogens is 1. The zero-order valence-electron chi connectivity index (χ0n) is 8.23. The molecule has 0 bridgehead atoms. The van der Waals surface area contributed by atoms with Crippen LogP contribution >= 0.6 is 15.9 Å². The maximum atomic E-state index is 11.3. The van der Waals surface area contributed by atoms with Crippen LogP contribution in [0.4, 0.5) is 0 Å². The third kappa shape index (κ3) is 1.94. The molecule has 2 aromatic heterocycles. The molecule has 0 aliphatic heterocycles. The topological polar surface area (TPSA) is 91.8 Å². The number of aromatic amines is 1. The molecule has 2 rings (SSSR count). The fraction of sp³-hybridized carbons (Fsp3) is 0.111. The second kappa shape index (κ2) is 4.01. The number of rotatable bonds is 1. The molecule has 0 radical (unpaired) electrons.